The van der Waals surface area contributed by atoms with Crippen molar-refractivity contribution in [1.82, 2.24) is 19.5 Å². The van der Waals surface area contributed by atoms with Gasteiger partial charge < -0.3 is 4.57 Å². The van der Waals surface area contributed by atoms with Gasteiger partial charge >= 0.3 is 0 Å². The Labute approximate surface area is 272 Å². The van der Waals surface area contributed by atoms with Gasteiger partial charge in [-0.25, -0.2) is 15.0 Å². The molecule has 0 amide bonds. The van der Waals surface area contributed by atoms with Crippen LogP contribution in [0.5, 0.6) is 0 Å². The minimum atomic E-state index is 0.633. The van der Waals surface area contributed by atoms with Gasteiger partial charge in [-0.05, 0) is 46.2 Å². The molecule has 0 aliphatic carbocycles. The highest BCUT2D eigenvalue weighted by Crippen LogP contribution is 2.37. The van der Waals surface area contributed by atoms with Crippen LogP contribution in [-0.2, 0) is 0 Å². The van der Waals surface area contributed by atoms with E-state index in [1.165, 1.54) is 32.6 Å². The summed E-state index contributed by atoms with van der Waals surface area (Å²) in [7, 11) is 0. The Morgan fingerprint density at radius 3 is 1.62 bits per heavy atom. The van der Waals surface area contributed by atoms with Gasteiger partial charge in [-0.15, -0.1) is 0 Å². The van der Waals surface area contributed by atoms with Crippen LogP contribution in [0.25, 0.3) is 83.6 Å². The van der Waals surface area contributed by atoms with Gasteiger partial charge in [0.05, 0.1) is 11.0 Å². The minimum absolute atomic E-state index is 0.633. The first kappa shape index (κ1) is 27.0. The van der Waals surface area contributed by atoms with Gasteiger partial charge in [0.15, 0.2) is 17.5 Å². The van der Waals surface area contributed by atoms with Gasteiger partial charge in [-0.3, -0.25) is 0 Å². The smallest absolute Gasteiger partial charge is 0.164 e. The largest absolute Gasteiger partial charge is 0.309 e. The average molecular weight is 601 g/mol. The van der Waals surface area contributed by atoms with E-state index in [9.17, 15) is 0 Å². The van der Waals surface area contributed by atoms with Gasteiger partial charge in [-0.2, -0.15) is 0 Å². The highest BCUT2D eigenvalue weighted by molar-refractivity contribution is 6.21. The van der Waals surface area contributed by atoms with Crippen LogP contribution in [0.1, 0.15) is 0 Å². The molecule has 0 unspecified atom stereocenters. The quantitative estimate of drug-likeness (QED) is 0.197. The van der Waals surface area contributed by atoms with Gasteiger partial charge in [0.2, 0.25) is 0 Å². The third-order valence-electron chi connectivity index (χ3n) is 8.84. The normalized spacial score (nSPS) is 11.4. The third kappa shape index (κ3) is 4.75. The molecule has 0 aliphatic heterocycles. The van der Waals surface area contributed by atoms with Crippen LogP contribution >= 0.6 is 0 Å². The van der Waals surface area contributed by atoms with E-state index in [1.54, 1.807) is 0 Å². The second kappa shape index (κ2) is 11.2. The number of para-hydroxylation sites is 1. The monoisotopic (exact) mass is 600 g/mol. The lowest BCUT2D eigenvalue weighted by molar-refractivity contribution is 1.07. The van der Waals surface area contributed by atoms with E-state index < -0.39 is 0 Å². The van der Waals surface area contributed by atoms with Gasteiger partial charge in [0, 0.05) is 33.2 Å². The molecule has 9 aromatic rings. The molecule has 0 fully saturated rings. The summed E-state index contributed by atoms with van der Waals surface area (Å²) in [5.74, 6) is 1.92. The Morgan fingerprint density at radius 1 is 0.340 bits per heavy atom. The summed E-state index contributed by atoms with van der Waals surface area (Å²) >= 11 is 0. The maximum atomic E-state index is 5.06. The molecular weight excluding hydrogens is 573 g/mol. The SMILES string of the molecule is c1ccc(-c2ccc(-c3nc(-c4ccccc4)nc(-c4cccc(-n5c6ccccc6c6c7ccccc7ccc65)c4)n3)cc2)cc1. The van der Waals surface area contributed by atoms with Crippen LogP contribution in [-0.4, -0.2) is 19.5 Å². The zero-order valence-electron chi connectivity index (χ0n) is 25.5. The number of nitrogens with zero attached hydrogens (tertiary/aromatic N) is 4. The lowest BCUT2D eigenvalue weighted by Crippen LogP contribution is -2.01. The predicted octanol–water partition coefficient (Wildman–Crippen LogP) is 10.8. The van der Waals surface area contributed by atoms with E-state index >= 15 is 0 Å². The Bertz CT molecular complexity index is 2550. The fourth-order valence-electron chi connectivity index (χ4n) is 6.59. The Balaban J connectivity index is 1.21. The molecule has 220 valence electrons. The van der Waals surface area contributed by atoms with Gasteiger partial charge in [0.25, 0.3) is 0 Å². The van der Waals surface area contributed by atoms with Crippen LogP contribution < -0.4 is 0 Å². The highest BCUT2D eigenvalue weighted by Gasteiger charge is 2.17. The molecule has 0 spiro atoms. The first-order chi connectivity index (χ1) is 23.3. The summed E-state index contributed by atoms with van der Waals surface area (Å²) in [4.78, 5) is 15.0. The molecule has 0 saturated heterocycles. The van der Waals surface area contributed by atoms with Crippen molar-refractivity contribution >= 4 is 32.6 Å². The third-order valence-corrected chi connectivity index (χ3v) is 8.84. The minimum Gasteiger partial charge on any atom is -0.309 e. The van der Waals surface area contributed by atoms with E-state index in [0.29, 0.717) is 17.5 Å². The lowest BCUT2D eigenvalue weighted by atomic mass is 10.0. The topological polar surface area (TPSA) is 43.6 Å². The van der Waals surface area contributed by atoms with Gasteiger partial charge in [0.1, 0.15) is 0 Å². The zero-order valence-corrected chi connectivity index (χ0v) is 25.5. The number of fused-ring (bicyclic) bond motifs is 5. The second-order valence-corrected chi connectivity index (χ2v) is 11.7. The van der Waals surface area contributed by atoms with E-state index in [0.717, 1.165) is 33.5 Å². The highest BCUT2D eigenvalue weighted by atomic mass is 15.0. The van der Waals surface area contributed by atoms with Crippen LogP contribution in [0.4, 0.5) is 0 Å². The standard InChI is InChI=1S/C43H28N4/c1-3-12-29(13-4-1)30-22-24-33(25-23-30)42-44-41(32-15-5-2-6-16-32)45-43(46-42)34-17-11-18-35(28-34)47-38-21-10-9-20-37(38)40-36-19-8-7-14-31(36)26-27-39(40)47/h1-28H. The van der Waals surface area contributed by atoms with Crippen molar-refractivity contribution < 1.29 is 0 Å². The fourth-order valence-corrected chi connectivity index (χ4v) is 6.59. The lowest BCUT2D eigenvalue weighted by Gasteiger charge is -2.12. The van der Waals surface area contributed by atoms with Crippen LogP contribution in [0.3, 0.4) is 0 Å². The van der Waals surface area contributed by atoms with E-state index in [4.69, 9.17) is 15.0 Å². The average Bonchev–Trinajstić information content (AvgIpc) is 3.50. The van der Waals surface area contributed by atoms with E-state index in [-0.39, 0.29) is 0 Å². The Morgan fingerprint density at radius 2 is 0.872 bits per heavy atom. The molecule has 4 heteroatoms. The summed E-state index contributed by atoms with van der Waals surface area (Å²) in [6.45, 7) is 0. The van der Waals surface area contributed by atoms with Crippen LogP contribution in [0, 0.1) is 0 Å². The molecule has 7 aromatic carbocycles. The van der Waals surface area contributed by atoms with Crippen LogP contribution in [0.15, 0.2) is 170 Å². The predicted molar refractivity (Wildman–Crippen MR) is 193 cm³/mol. The number of aromatic nitrogens is 4. The first-order valence-corrected chi connectivity index (χ1v) is 15.8. The number of hydrogen-bond acceptors (Lipinski definition) is 3. The van der Waals surface area contributed by atoms with Gasteiger partial charge in [-0.1, -0.05) is 146 Å². The summed E-state index contributed by atoms with van der Waals surface area (Å²) in [6.07, 6.45) is 0. The second-order valence-electron chi connectivity index (χ2n) is 11.7. The fraction of sp³-hybridized carbons (Fsp3) is 0. The first-order valence-electron chi connectivity index (χ1n) is 15.8. The van der Waals surface area contributed by atoms with Crippen molar-refractivity contribution in [3.8, 4) is 51.0 Å². The molecule has 0 radical (unpaired) electrons. The molecule has 0 aliphatic rings. The van der Waals surface area contributed by atoms with Crippen molar-refractivity contribution in [2.45, 2.75) is 0 Å². The van der Waals surface area contributed by atoms with E-state index in [2.05, 4.69) is 138 Å². The van der Waals surface area contributed by atoms with Crippen molar-refractivity contribution in [2.24, 2.45) is 0 Å². The van der Waals surface area contributed by atoms with Crippen LogP contribution in [0.2, 0.25) is 0 Å². The maximum absolute atomic E-state index is 5.06. The summed E-state index contributed by atoms with van der Waals surface area (Å²) in [6, 6.07) is 59.2. The van der Waals surface area contributed by atoms with Crippen molar-refractivity contribution in [3.05, 3.63) is 170 Å². The molecule has 9 rings (SSSR count). The maximum Gasteiger partial charge on any atom is 0.164 e. The summed E-state index contributed by atoms with van der Waals surface area (Å²) in [5.41, 5.74) is 8.53. The van der Waals surface area contributed by atoms with Crippen molar-refractivity contribution in [2.75, 3.05) is 0 Å². The molecule has 0 bridgehead atoms. The molecule has 4 nitrogen and oxygen atoms in total. The molecule has 2 heterocycles. The van der Waals surface area contributed by atoms with E-state index in [1.807, 2.05) is 36.4 Å². The Hall–Kier alpha value is -6.39. The molecular formula is C43H28N4. The number of rotatable bonds is 5. The molecule has 47 heavy (non-hydrogen) atoms. The number of benzene rings is 7. The summed E-state index contributed by atoms with van der Waals surface area (Å²) in [5, 5.41) is 4.98. The van der Waals surface area contributed by atoms with Crippen molar-refractivity contribution in [3.63, 3.8) is 0 Å². The van der Waals surface area contributed by atoms with Crippen molar-refractivity contribution in [1.29, 1.82) is 0 Å². The Kier molecular flexibility index (Phi) is 6.43. The molecule has 0 N–H and O–H groups in total. The zero-order chi connectivity index (χ0) is 31.2. The summed E-state index contributed by atoms with van der Waals surface area (Å²) < 4.78 is 2.35. The molecule has 0 saturated carbocycles. The molecule has 0 atom stereocenters. The molecule has 2 aromatic heterocycles. The number of hydrogen-bond donors (Lipinski definition) is 0.